The zero-order chi connectivity index (χ0) is 18.7. The summed E-state index contributed by atoms with van der Waals surface area (Å²) in [6, 6.07) is 0. The lowest BCUT2D eigenvalue weighted by atomic mass is 10.0. The number of nitrogens with zero attached hydrogens (tertiary/aromatic N) is 3. The lowest BCUT2D eigenvalue weighted by Crippen LogP contribution is -2.32. The molecule has 0 aliphatic heterocycles. The number of carbonyl (C=O) groups is 1. The molecule has 0 unspecified atom stereocenters. The predicted octanol–water partition coefficient (Wildman–Crippen LogP) is 2.87. The largest absolute Gasteiger partial charge is 0.311 e. The van der Waals surface area contributed by atoms with Crippen molar-refractivity contribution in [2.45, 2.75) is 52.4 Å². The quantitative estimate of drug-likeness (QED) is 0.791. The Morgan fingerprint density at radius 3 is 2.77 bits per heavy atom. The number of anilines is 1. The minimum absolute atomic E-state index is 0.0460. The van der Waals surface area contributed by atoms with Crippen LogP contribution >= 0.6 is 11.3 Å². The Bertz CT molecular complexity index is 861. The Morgan fingerprint density at radius 2 is 2.08 bits per heavy atom. The second kappa shape index (κ2) is 7.95. The fraction of sp³-hybridized carbons (Fsp3) is 0.474. The number of hydrogen-bond donors (Lipinski definition) is 1. The third kappa shape index (κ3) is 3.93. The smallest absolute Gasteiger partial charge is 0.254 e. The summed E-state index contributed by atoms with van der Waals surface area (Å²) in [4.78, 5) is 39.6. The highest BCUT2D eigenvalue weighted by atomic mass is 32.1. The minimum Gasteiger partial charge on any atom is -0.311 e. The highest BCUT2D eigenvalue weighted by molar-refractivity contribution is 7.16. The summed E-state index contributed by atoms with van der Waals surface area (Å²) in [7, 11) is 0. The van der Waals surface area contributed by atoms with E-state index in [0.717, 1.165) is 30.1 Å². The number of aromatic nitrogens is 3. The number of thiazole rings is 1. The van der Waals surface area contributed by atoms with Gasteiger partial charge < -0.3 is 4.98 Å². The fourth-order valence-electron chi connectivity index (χ4n) is 3.28. The molecule has 26 heavy (non-hydrogen) atoms. The summed E-state index contributed by atoms with van der Waals surface area (Å²) in [5, 5.41) is 0.745. The lowest BCUT2D eigenvalue weighted by Gasteiger charge is -2.18. The van der Waals surface area contributed by atoms with Gasteiger partial charge in [0.2, 0.25) is 5.91 Å². The molecule has 2 aromatic rings. The average molecular weight is 372 g/mol. The van der Waals surface area contributed by atoms with Gasteiger partial charge in [-0.1, -0.05) is 6.08 Å². The maximum Gasteiger partial charge on any atom is 0.254 e. The van der Waals surface area contributed by atoms with Crippen LogP contribution in [0.1, 0.15) is 46.9 Å². The number of aromatic amines is 1. The van der Waals surface area contributed by atoms with E-state index in [9.17, 15) is 9.59 Å². The van der Waals surface area contributed by atoms with Crippen LogP contribution < -0.4 is 10.5 Å². The molecule has 2 heterocycles. The van der Waals surface area contributed by atoms with E-state index in [1.807, 2.05) is 0 Å². The van der Waals surface area contributed by atoms with E-state index in [1.54, 1.807) is 36.2 Å². The van der Waals surface area contributed by atoms with Crippen LogP contribution in [0.2, 0.25) is 0 Å². The van der Waals surface area contributed by atoms with Crippen LogP contribution in [-0.2, 0) is 24.1 Å². The minimum atomic E-state index is -0.164. The molecule has 0 saturated heterocycles. The maximum atomic E-state index is 12.8. The Hall–Kier alpha value is -2.28. The first kappa shape index (κ1) is 18.5. The van der Waals surface area contributed by atoms with E-state index in [0.29, 0.717) is 30.0 Å². The second-order valence-corrected chi connectivity index (χ2v) is 7.64. The van der Waals surface area contributed by atoms with Crippen molar-refractivity contribution in [1.29, 1.82) is 0 Å². The van der Waals surface area contributed by atoms with Gasteiger partial charge in [-0.25, -0.2) is 9.97 Å². The van der Waals surface area contributed by atoms with Crippen LogP contribution in [0, 0.1) is 13.8 Å². The van der Waals surface area contributed by atoms with Crippen molar-refractivity contribution < 1.29 is 4.79 Å². The van der Waals surface area contributed by atoms with Gasteiger partial charge in [0.1, 0.15) is 5.82 Å². The first-order valence-corrected chi connectivity index (χ1v) is 9.77. The van der Waals surface area contributed by atoms with E-state index in [-0.39, 0.29) is 17.9 Å². The molecule has 1 aliphatic rings. The SMILES string of the molecule is C=CCN(C(=O)CCc1c(C)nc(C)[nH]c1=O)c1nc2c(s1)CCCC2. The van der Waals surface area contributed by atoms with Gasteiger partial charge in [-0.15, -0.1) is 17.9 Å². The third-order valence-electron chi connectivity index (χ3n) is 4.61. The van der Waals surface area contributed by atoms with E-state index in [1.165, 1.54) is 11.3 Å². The normalized spacial score (nSPS) is 13.3. The van der Waals surface area contributed by atoms with Gasteiger partial charge in [0.15, 0.2) is 5.13 Å². The van der Waals surface area contributed by atoms with Crippen molar-refractivity contribution in [3.8, 4) is 0 Å². The maximum absolute atomic E-state index is 12.8. The summed E-state index contributed by atoms with van der Waals surface area (Å²) >= 11 is 1.61. The standard InChI is InChI=1S/C19H24N4O2S/c1-4-11-23(19-22-15-7-5-6-8-16(15)26-19)17(24)10-9-14-12(2)20-13(3)21-18(14)25/h4H,1,5-11H2,2-3H3,(H,20,21,25). The van der Waals surface area contributed by atoms with Crippen molar-refractivity contribution in [2.75, 3.05) is 11.4 Å². The van der Waals surface area contributed by atoms with Gasteiger partial charge >= 0.3 is 0 Å². The Kier molecular flexibility index (Phi) is 5.66. The van der Waals surface area contributed by atoms with Gasteiger partial charge in [0.05, 0.1) is 5.69 Å². The number of carbonyl (C=O) groups excluding carboxylic acids is 1. The first-order valence-electron chi connectivity index (χ1n) is 8.96. The molecule has 1 aliphatic carbocycles. The molecule has 0 saturated carbocycles. The van der Waals surface area contributed by atoms with Gasteiger partial charge in [-0.2, -0.15) is 0 Å². The third-order valence-corrected chi connectivity index (χ3v) is 5.79. The molecule has 0 atom stereocenters. The van der Waals surface area contributed by atoms with Crippen molar-refractivity contribution in [1.82, 2.24) is 15.0 Å². The average Bonchev–Trinajstić information content (AvgIpc) is 3.02. The van der Waals surface area contributed by atoms with Crippen molar-refractivity contribution in [3.63, 3.8) is 0 Å². The topological polar surface area (TPSA) is 79.0 Å². The molecule has 0 spiro atoms. The molecule has 6 nitrogen and oxygen atoms in total. The van der Waals surface area contributed by atoms with Crippen LogP contribution in [0.5, 0.6) is 0 Å². The van der Waals surface area contributed by atoms with E-state index in [4.69, 9.17) is 0 Å². The van der Waals surface area contributed by atoms with Crippen molar-refractivity contribution in [3.05, 3.63) is 50.7 Å². The summed E-state index contributed by atoms with van der Waals surface area (Å²) < 4.78 is 0. The number of rotatable bonds is 6. The first-order chi connectivity index (χ1) is 12.5. The molecule has 138 valence electrons. The summed E-state index contributed by atoms with van der Waals surface area (Å²) in [6.45, 7) is 7.74. The van der Waals surface area contributed by atoms with Crippen LogP contribution in [0.25, 0.3) is 0 Å². The Balaban J connectivity index is 1.76. The highest BCUT2D eigenvalue weighted by Gasteiger charge is 2.22. The Morgan fingerprint density at radius 1 is 1.31 bits per heavy atom. The van der Waals surface area contributed by atoms with Gasteiger partial charge in [0.25, 0.3) is 5.56 Å². The van der Waals surface area contributed by atoms with Crippen molar-refractivity contribution in [2.24, 2.45) is 0 Å². The lowest BCUT2D eigenvalue weighted by molar-refractivity contribution is -0.118. The van der Waals surface area contributed by atoms with E-state index >= 15 is 0 Å². The molecule has 3 rings (SSSR count). The second-order valence-electron chi connectivity index (χ2n) is 6.58. The molecule has 0 radical (unpaired) electrons. The van der Waals surface area contributed by atoms with Crippen LogP contribution in [0.15, 0.2) is 17.4 Å². The number of H-pyrrole nitrogens is 1. The summed E-state index contributed by atoms with van der Waals surface area (Å²) in [5.41, 5.74) is 2.22. The van der Waals surface area contributed by atoms with Gasteiger partial charge in [-0.05, 0) is 46.0 Å². The van der Waals surface area contributed by atoms with Gasteiger partial charge in [-0.3, -0.25) is 14.5 Å². The number of hydrogen-bond acceptors (Lipinski definition) is 5. The monoisotopic (exact) mass is 372 g/mol. The number of nitrogens with one attached hydrogen (secondary N) is 1. The summed E-state index contributed by atoms with van der Waals surface area (Å²) in [5.74, 6) is 0.541. The van der Waals surface area contributed by atoms with E-state index < -0.39 is 0 Å². The highest BCUT2D eigenvalue weighted by Crippen LogP contribution is 2.32. The molecule has 1 amide bonds. The molecule has 0 fully saturated rings. The number of fused-ring (bicyclic) bond motifs is 1. The van der Waals surface area contributed by atoms with E-state index in [2.05, 4.69) is 21.5 Å². The molecule has 0 bridgehead atoms. The molecule has 7 heteroatoms. The molecule has 2 aromatic heterocycles. The van der Waals surface area contributed by atoms with Crippen LogP contribution in [0.3, 0.4) is 0 Å². The Labute approximate surface area is 157 Å². The molecular formula is C19H24N4O2S. The predicted molar refractivity (Wildman–Crippen MR) is 104 cm³/mol. The molecular weight excluding hydrogens is 348 g/mol. The van der Waals surface area contributed by atoms with Crippen molar-refractivity contribution >= 4 is 22.4 Å². The summed E-state index contributed by atoms with van der Waals surface area (Å²) in [6.07, 6.45) is 6.71. The van der Waals surface area contributed by atoms with Crippen LogP contribution in [-0.4, -0.2) is 27.4 Å². The molecule has 1 N–H and O–H groups in total. The zero-order valence-corrected chi connectivity index (χ0v) is 16.1. The zero-order valence-electron chi connectivity index (χ0n) is 15.3. The number of aryl methyl sites for hydroxylation is 4. The molecule has 0 aromatic carbocycles. The van der Waals surface area contributed by atoms with Crippen LogP contribution in [0.4, 0.5) is 5.13 Å². The number of amides is 1. The fourth-order valence-corrected chi connectivity index (χ4v) is 4.46. The van der Waals surface area contributed by atoms with Gasteiger partial charge in [0, 0.05) is 29.1 Å².